The van der Waals surface area contributed by atoms with Crippen molar-refractivity contribution < 1.29 is 9.16 Å². The maximum atomic E-state index is 6.20. The lowest BCUT2D eigenvalue weighted by Crippen LogP contribution is -2.40. The summed E-state index contributed by atoms with van der Waals surface area (Å²) in [7, 11) is -1.65. The van der Waals surface area contributed by atoms with Crippen molar-refractivity contribution >= 4 is 30.9 Å². The number of rotatable bonds is 6. The van der Waals surface area contributed by atoms with Gasteiger partial charge in [0.2, 0.25) is 0 Å². The molecule has 0 spiro atoms. The van der Waals surface area contributed by atoms with Crippen LogP contribution in [0.4, 0.5) is 0 Å². The van der Waals surface area contributed by atoms with Gasteiger partial charge in [-0.3, -0.25) is 0 Å². The second kappa shape index (κ2) is 7.08. The molecule has 0 heterocycles. The van der Waals surface area contributed by atoms with Crippen molar-refractivity contribution in [2.75, 3.05) is 11.0 Å². The van der Waals surface area contributed by atoms with Gasteiger partial charge >= 0.3 is 0 Å². The highest BCUT2D eigenvalue weighted by Crippen LogP contribution is 2.37. The molecular weight excluding hydrogens is 367 g/mol. The lowest BCUT2D eigenvalue weighted by Gasteiger charge is -2.36. The van der Waals surface area contributed by atoms with E-state index in [1.54, 1.807) is 0 Å². The van der Waals surface area contributed by atoms with E-state index in [2.05, 4.69) is 68.6 Å². The van der Waals surface area contributed by atoms with E-state index >= 15 is 0 Å². The Hall–Kier alpha value is -0.0731. The van der Waals surface area contributed by atoms with Gasteiger partial charge in [-0.05, 0) is 35.8 Å². The number of hydrogen-bond donors (Lipinski definition) is 0. The summed E-state index contributed by atoms with van der Waals surface area (Å²) in [5.74, 6) is 0.938. The molecule has 0 amide bonds. The minimum Gasteiger partial charge on any atom is -0.493 e. The highest BCUT2D eigenvalue weighted by Gasteiger charge is 2.36. The van der Waals surface area contributed by atoms with Crippen LogP contribution < -0.4 is 4.74 Å². The third-order valence-electron chi connectivity index (χ3n) is 3.68. The molecule has 1 aromatic rings. The maximum Gasteiger partial charge on any atom is 0.192 e. The smallest absolute Gasteiger partial charge is 0.192 e. The van der Waals surface area contributed by atoms with Crippen molar-refractivity contribution in [2.45, 2.75) is 45.5 Å². The number of hydrogen-bond acceptors (Lipinski definition) is 2. The molecule has 0 aliphatic rings. The fraction of sp³-hybridized carbons (Fsp3) is 0.600. The van der Waals surface area contributed by atoms with E-state index in [1.807, 2.05) is 12.1 Å². The summed E-state index contributed by atoms with van der Waals surface area (Å²) in [4.78, 5) is 0. The molecule has 0 bridgehead atoms. The predicted molar refractivity (Wildman–Crippen MR) is 92.8 cm³/mol. The van der Waals surface area contributed by atoms with Gasteiger partial charge in [-0.25, -0.2) is 0 Å². The number of ether oxygens (including phenoxy) is 1. The first kappa shape index (κ1) is 17.0. The van der Waals surface area contributed by atoms with Gasteiger partial charge in [0.25, 0.3) is 0 Å². The molecule has 1 aromatic carbocycles. The summed E-state index contributed by atoms with van der Waals surface area (Å²) < 4.78 is 12.8. The number of benzene rings is 1. The summed E-state index contributed by atoms with van der Waals surface area (Å²) in [6.07, 6.45) is 0. The van der Waals surface area contributed by atoms with Crippen LogP contribution in [0.25, 0.3) is 0 Å². The average molecular weight is 392 g/mol. The monoisotopic (exact) mass is 392 g/mol. The van der Waals surface area contributed by atoms with Crippen molar-refractivity contribution in [3.63, 3.8) is 0 Å². The molecule has 0 fully saturated rings. The van der Waals surface area contributed by atoms with Crippen LogP contribution in [0.2, 0.25) is 18.1 Å². The van der Waals surface area contributed by atoms with E-state index < -0.39 is 8.32 Å². The topological polar surface area (TPSA) is 18.5 Å². The van der Waals surface area contributed by atoms with E-state index in [1.165, 1.54) is 5.56 Å². The quantitative estimate of drug-likeness (QED) is 0.384. The van der Waals surface area contributed by atoms with E-state index in [0.717, 1.165) is 16.8 Å². The predicted octanol–water partition coefficient (Wildman–Crippen LogP) is 5.02. The molecule has 0 aliphatic heterocycles. The van der Waals surface area contributed by atoms with E-state index in [9.17, 15) is 0 Å². The van der Waals surface area contributed by atoms with Gasteiger partial charge in [0.1, 0.15) is 5.75 Å². The van der Waals surface area contributed by atoms with Gasteiger partial charge in [-0.2, -0.15) is 0 Å². The van der Waals surface area contributed by atoms with Gasteiger partial charge in [-0.1, -0.05) is 55.5 Å². The first-order chi connectivity index (χ1) is 8.76. The normalized spacial score (nSPS) is 12.5. The summed E-state index contributed by atoms with van der Waals surface area (Å²) in [6, 6.07) is 8.23. The fourth-order valence-electron chi connectivity index (χ4n) is 1.32. The zero-order valence-electron chi connectivity index (χ0n) is 12.6. The lowest BCUT2D eigenvalue weighted by molar-refractivity contribution is 0.276. The van der Waals surface area contributed by atoms with Crippen LogP contribution in [0.5, 0.6) is 5.75 Å². The molecule has 19 heavy (non-hydrogen) atoms. The summed E-state index contributed by atoms with van der Waals surface area (Å²) in [6.45, 7) is 12.8. The van der Waals surface area contributed by atoms with Gasteiger partial charge < -0.3 is 9.16 Å². The molecule has 0 aromatic heterocycles. The van der Waals surface area contributed by atoms with Crippen molar-refractivity contribution in [2.24, 2.45) is 0 Å². The van der Waals surface area contributed by atoms with Crippen LogP contribution in [0, 0.1) is 0 Å². The Labute approximate surface area is 132 Å². The van der Waals surface area contributed by atoms with Crippen LogP contribution in [0.1, 0.15) is 26.3 Å². The van der Waals surface area contributed by atoms with Gasteiger partial charge in [-0.15, -0.1) is 0 Å². The zero-order valence-corrected chi connectivity index (χ0v) is 15.8. The lowest BCUT2D eigenvalue weighted by atomic mass is 10.2. The SMILES string of the molecule is CC(C)(C)[Si](C)(C)OCc1ccc(OCCI)cc1. The summed E-state index contributed by atoms with van der Waals surface area (Å²) in [5.41, 5.74) is 1.21. The molecule has 0 N–H and O–H groups in total. The summed E-state index contributed by atoms with van der Waals surface area (Å²) in [5, 5.41) is 0.260. The first-order valence-corrected chi connectivity index (χ1v) is 11.1. The average Bonchev–Trinajstić information content (AvgIpc) is 2.34. The second-order valence-corrected chi connectivity index (χ2v) is 12.1. The minimum absolute atomic E-state index is 0.260. The zero-order chi connectivity index (χ0) is 14.5. The molecule has 1 rings (SSSR count). The largest absolute Gasteiger partial charge is 0.493 e. The third kappa shape index (κ3) is 5.43. The molecule has 0 radical (unpaired) electrons. The Balaban J connectivity index is 2.55. The van der Waals surface area contributed by atoms with Gasteiger partial charge in [0.15, 0.2) is 8.32 Å². The van der Waals surface area contributed by atoms with E-state index in [4.69, 9.17) is 9.16 Å². The molecule has 108 valence electrons. The number of halogens is 1. The van der Waals surface area contributed by atoms with Crippen LogP contribution in [0.3, 0.4) is 0 Å². The van der Waals surface area contributed by atoms with Crippen molar-refractivity contribution in [1.82, 2.24) is 0 Å². The number of alkyl halides is 1. The Morgan fingerprint density at radius 1 is 1.11 bits per heavy atom. The summed E-state index contributed by atoms with van der Waals surface area (Å²) >= 11 is 2.31. The Morgan fingerprint density at radius 2 is 1.68 bits per heavy atom. The Morgan fingerprint density at radius 3 is 2.16 bits per heavy atom. The van der Waals surface area contributed by atoms with Crippen molar-refractivity contribution in [1.29, 1.82) is 0 Å². The van der Waals surface area contributed by atoms with Crippen LogP contribution >= 0.6 is 22.6 Å². The van der Waals surface area contributed by atoms with Crippen LogP contribution in [-0.2, 0) is 11.0 Å². The van der Waals surface area contributed by atoms with Crippen LogP contribution in [-0.4, -0.2) is 19.4 Å². The maximum absolute atomic E-state index is 6.20. The Kier molecular flexibility index (Phi) is 6.33. The standard InChI is InChI=1S/C15H25IO2Si/c1-15(2,3)19(4,5)18-12-13-6-8-14(9-7-13)17-11-10-16/h6-9H,10-12H2,1-5H3. The molecule has 4 heteroatoms. The van der Waals surface area contributed by atoms with E-state index in [0.29, 0.717) is 6.61 Å². The van der Waals surface area contributed by atoms with Crippen molar-refractivity contribution in [3.8, 4) is 5.75 Å². The highest BCUT2D eigenvalue weighted by atomic mass is 127. The minimum atomic E-state index is -1.65. The highest BCUT2D eigenvalue weighted by molar-refractivity contribution is 14.1. The van der Waals surface area contributed by atoms with E-state index in [-0.39, 0.29) is 5.04 Å². The molecule has 2 nitrogen and oxygen atoms in total. The molecule has 0 atom stereocenters. The molecule has 0 aliphatic carbocycles. The fourth-order valence-corrected chi connectivity index (χ4v) is 2.50. The molecule has 0 saturated carbocycles. The van der Waals surface area contributed by atoms with Gasteiger partial charge in [0, 0.05) is 4.43 Å². The van der Waals surface area contributed by atoms with Gasteiger partial charge in [0.05, 0.1) is 13.2 Å². The molecule has 0 unspecified atom stereocenters. The van der Waals surface area contributed by atoms with Crippen molar-refractivity contribution in [3.05, 3.63) is 29.8 Å². The third-order valence-corrected chi connectivity index (χ3v) is 8.59. The first-order valence-electron chi connectivity index (χ1n) is 6.68. The Bertz CT molecular complexity index is 382. The van der Waals surface area contributed by atoms with Crippen LogP contribution in [0.15, 0.2) is 24.3 Å². The molecule has 0 saturated heterocycles. The second-order valence-electron chi connectivity index (χ2n) is 6.23. The molecular formula is C15H25IO2Si.